The minimum absolute atomic E-state index is 0.294. The molecule has 0 saturated carbocycles. The van der Waals surface area contributed by atoms with Crippen LogP contribution in [0, 0.1) is 0 Å². The first-order valence-corrected chi connectivity index (χ1v) is 9.70. The highest BCUT2D eigenvalue weighted by Gasteiger charge is 2.62. The minimum atomic E-state index is -0.749. The first-order valence-electron chi connectivity index (χ1n) is 9.32. The van der Waals surface area contributed by atoms with E-state index in [1.54, 1.807) is 11.6 Å². The van der Waals surface area contributed by atoms with Gasteiger partial charge in [0, 0.05) is 17.7 Å². The molecule has 8 nitrogen and oxygen atoms in total. The summed E-state index contributed by atoms with van der Waals surface area (Å²) in [5, 5.41) is 5.01. The zero-order chi connectivity index (χ0) is 20.2. The van der Waals surface area contributed by atoms with E-state index in [2.05, 4.69) is 10.1 Å². The van der Waals surface area contributed by atoms with Crippen LogP contribution >= 0.6 is 11.6 Å². The maximum atomic E-state index is 6.46. The van der Waals surface area contributed by atoms with Crippen molar-refractivity contribution in [1.82, 2.24) is 14.6 Å². The van der Waals surface area contributed by atoms with Crippen LogP contribution < -0.4 is 5.73 Å². The quantitative estimate of drug-likeness (QED) is 0.698. The van der Waals surface area contributed by atoms with Gasteiger partial charge in [-0.1, -0.05) is 23.7 Å². The topological polar surface area (TPSA) is 93.1 Å². The van der Waals surface area contributed by atoms with E-state index in [1.165, 1.54) is 6.33 Å². The predicted molar refractivity (Wildman–Crippen MR) is 105 cm³/mol. The van der Waals surface area contributed by atoms with Crippen LogP contribution in [0.1, 0.15) is 30.6 Å². The fraction of sp³-hybridized carbons (Fsp3) is 0.400. The summed E-state index contributed by atoms with van der Waals surface area (Å²) in [6, 6.07) is 11.3. The predicted octanol–water partition coefficient (Wildman–Crippen LogP) is 2.92. The van der Waals surface area contributed by atoms with Crippen LogP contribution in [0.5, 0.6) is 0 Å². The lowest BCUT2D eigenvalue weighted by atomic mass is 9.91. The Labute approximate surface area is 172 Å². The van der Waals surface area contributed by atoms with Crippen LogP contribution in [0.2, 0.25) is 5.02 Å². The standard InChI is InChI=1S/C20H21ClN4O4/c1-20-16(13-7-8-14-18(22)23-10-24-25(13)14)27-15(9-26-2)17(20)28-19(29-20)11-3-5-12(21)6-4-11/h3-8,10,15-17,19H,9H2,1-2H3,(H2,22,23,24)/t15-,16+,17-,19?,20+/m1/s1. The van der Waals surface area contributed by atoms with E-state index >= 15 is 0 Å². The number of ether oxygens (including phenoxy) is 4. The van der Waals surface area contributed by atoms with Gasteiger partial charge in [-0.25, -0.2) is 9.50 Å². The van der Waals surface area contributed by atoms with Gasteiger partial charge < -0.3 is 24.7 Å². The molecule has 0 amide bonds. The first-order chi connectivity index (χ1) is 14.0. The summed E-state index contributed by atoms with van der Waals surface area (Å²) in [5.74, 6) is 0.405. The fourth-order valence-corrected chi connectivity index (χ4v) is 4.36. The maximum absolute atomic E-state index is 6.46. The normalized spacial score (nSPS) is 31.4. The molecule has 2 N–H and O–H groups in total. The maximum Gasteiger partial charge on any atom is 0.185 e. The number of hydrogen-bond donors (Lipinski definition) is 1. The van der Waals surface area contributed by atoms with Gasteiger partial charge in [-0.2, -0.15) is 5.10 Å². The molecule has 2 fully saturated rings. The third kappa shape index (κ3) is 2.91. The lowest BCUT2D eigenvalue weighted by Gasteiger charge is -2.27. The van der Waals surface area contributed by atoms with E-state index in [0.717, 1.165) is 16.8 Å². The molecule has 152 valence electrons. The van der Waals surface area contributed by atoms with E-state index in [-0.39, 0.29) is 12.2 Å². The minimum Gasteiger partial charge on any atom is -0.382 e. The van der Waals surface area contributed by atoms with Crippen LogP contribution in [-0.4, -0.2) is 46.1 Å². The highest BCUT2D eigenvalue weighted by molar-refractivity contribution is 6.30. The molecule has 0 spiro atoms. The van der Waals surface area contributed by atoms with E-state index in [4.69, 9.17) is 36.3 Å². The largest absolute Gasteiger partial charge is 0.382 e. The highest BCUT2D eigenvalue weighted by atomic mass is 35.5. The molecule has 1 aromatic carbocycles. The Morgan fingerprint density at radius 3 is 2.76 bits per heavy atom. The van der Waals surface area contributed by atoms with Crippen molar-refractivity contribution in [1.29, 1.82) is 0 Å². The molecular formula is C20H21ClN4O4. The summed E-state index contributed by atoms with van der Waals surface area (Å²) in [5.41, 5.74) is 7.68. The number of nitrogen functional groups attached to an aromatic ring is 1. The molecule has 9 heteroatoms. The highest BCUT2D eigenvalue weighted by Crippen LogP contribution is 2.53. The van der Waals surface area contributed by atoms with Gasteiger partial charge in [0.1, 0.15) is 35.8 Å². The van der Waals surface area contributed by atoms with Gasteiger partial charge >= 0.3 is 0 Å². The Morgan fingerprint density at radius 2 is 2.00 bits per heavy atom. The molecule has 29 heavy (non-hydrogen) atoms. The van der Waals surface area contributed by atoms with Crippen LogP contribution in [0.25, 0.3) is 5.52 Å². The number of hydrogen-bond acceptors (Lipinski definition) is 7. The number of rotatable bonds is 4. The Morgan fingerprint density at radius 1 is 1.21 bits per heavy atom. The van der Waals surface area contributed by atoms with Gasteiger partial charge in [0.05, 0.1) is 12.3 Å². The van der Waals surface area contributed by atoms with Crippen molar-refractivity contribution in [3.63, 3.8) is 0 Å². The number of methoxy groups -OCH3 is 1. The smallest absolute Gasteiger partial charge is 0.185 e. The third-order valence-electron chi connectivity index (χ3n) is 5.62. The molecule has 0 bridgehead atoms. The van der Waals surface area contributed by atoms with E-state index in [9.17, 15) is 0 Å². The zero-order valence-electron chi connectivity index (χ0n) is 16.0. The van der Waals surface area contributed by atoms with E-state index in [0.29, 0.717) is 17.4 Å². The van der Waals surface area contributed by atoms with Crippen molar-refractivity contribution in [2.75, 3.05) is 19.5 Å². The SMILES string of the molecule is COC[C@H]1O[C@@H](c2ccc3c(N)ncnn23)[C@]2(C)OC(c3ccc(Cl)cc3)O[C@H]12. The Bertz CT molecular complexity index is 1040. The average Bonchev–Trinajstić information content (AvgIpc) is 3.35. The molecule has 0 radical (unpaired) electrons. The van der Waals surface area contributed by atoms with Gasteiger partial charge in [-0.3, -0.25) is 0 Å². The third-order valence-corrected chi connectivity index (χ3v) is 5.87. The molecule has 2 aliphatic heterocycles. The summed E-state index contributed by atoms with van der Waals surface area (Å²) >= 11 is 6.02. The summed E-state index contributed by atoms with van der Waals surface area (Å²) in [7, 11) is 1.64. The van der Waals surface area contributed by atoms with Crippen molar-refractivity contribution in [2.24, 2.45) is 0 Å². The number of nitrogens with zero attached hydrogens (tertiary/aromatic N) is 3. The van der Waals surface area contributed by atoms with Crippen molar-refractivity contribution >= 4 is 22.9 Å². The summed E-state index contributed by atoms with van der Waals surface area (Å²) in [4.78, 5) is 4.05. The molecule has 2 aliphatic rings. The zero-order valence-corrected chi connectivity index (χ0v) is 16.7. The Balaban J connectivity index is 1.54. The summed E-state index contributed by atoms with van der Waals surface area (Å²) in [6.07, 6.45) is -0.147. The monoisotopic (exact) mass is 416 g/mol. The van der Waals surface area contributed by atoms with E-state index < -0.39 is 18.0 Å². The second kappa shape index (κ2) is 6.93. The lowest BCUT2D eigenvalue weighted by molar-refractivity contribution is -0.160. The van der Waals surface area contributed by atoms with Gasteiger partial charge in [-0.15, -0.1) is 0 Å². The van der Waals surface area contributed by atoms with Crippen LogP contribution in [-0.2, 0) is 18.9 Å². The molecule has 2 saturated heterocycles. The average molecular weight is 417 g/mol. The number of fused-ring (bicyclic) bond motifs is 2. The molecule has 5 rings (SSSR count). The molecule has 2 aromatic heterocycles. The number of halogens is 1. The summed E-state index contributed by atoms with van der Waals surface area (Å²) < 4.78 is 26.2. The van der Waals surface area contributed by atoms with Crippen LogP contribution in [0.3, 0.4) is 0 Å². The number of anilines is 1. The van der Waals surface area contributed by atoms with Crippen molar-refractivity contribution in [3.05, 3.63) is 59.0 Å². The van der Waals surface area contributed by atoms with Crippen molar-refractivity contribution in [2.45, 2.75) is 37.1 Å². The number of aromatic nitrogens is 3. The van der Waals surface area contributed by atoms with Crippen molar-refractivity contribution in [3.8, 4) is 0 Å². The second-order valence-corrected chi connectivity index (χ2v) is 7.89. The van der Waals surface area contributed by atoms with E-state index in [1.807, 2.05) is 43.3 Å². The first kappa shape index (κ1) is 18.8. The molecule has 1 unspecified atom stereocenters. The lowest BCUT2D eigenvalue weighted by Crippen LogP contribution is -2.40. The molecule has 3 aromatic rings. The van der Waals surface area contributed by atoms with Gasteiger partial charge in [0.15, 0.2) is 12.1 Å². The Hall–Kier alpha value is -2.23. The number of nitrogens with two attached hydrogens (primary N) is 1. The second-order valence-electron chi connectivity index (χ2n) is 7.45. The summed E-state index contributed by atoms with van der Waals surface area (Å²) in [6.45, 7) is 2.38. The Kier molecular flexibility index (Phi) is 4.49. The fourth-order valence-electron chi connectivity index (χ4n) is 4.24. The van der Waals surface area contributed by atoms with Crippen LogP contribution in [0.4, 0.5) is 5.82 Å². The number of benzene rings is 1. The molecule has 0 aliphatic carbocycles. The van der Waals surface area contributed by atoms with Crippen molar-refractivity contribution < 1.29 is 18.9 Å². The van der Waals surface area contributed by atoms with Gasteiger partial charge in [0.25, 0.3) is 0 Å². The molecule has 4 heterocycles. The van der Waals surface area contributed by atoms with Crippen LogP contribution in [0.15, 0.2) is 42.7 Å². The molecular weight excluding hydrogens is 396 g/mol. The molecule has 5 atom stereocenters. The van der Waals surface area contributed by atoms with Gasteiger partial charge in [0.2, 0.25) is 0 Å². The van der Waals surface area contributed by atoms with Gasteiger partial charge in [-0.05, 0) is 31.2 Å².